The van der Waals surface area contributed by atoms with Gasteiger partial charge in [-0.3, -0.25) is 9.59 Å². The maximum atomic E-state index is 11.4. The van der Waals surface area contributed by atoms with Crippen molar-refractivity contribution >= 4 is 18.1 Å². The lowest BCUT2D eigenvalue weighted by molar-refractivity contribution is -0.137. The summed E-state index contributed by atoms with van der Waals surface area (Å²) in [5.74, 6) is -0.837. The van der Waals surface area contributed by atoms with Crippen molar-refractivity contribution in [2.24, 2.45) is 5.10 Å². The zero-order chi connectivity index (χ0) is 14.8. The van der Waals surface area contributed by atoms with Gasteiger partial charge >= 0.3 is 5.97 Å². The van der Waals surface area contributed by atoms with Gasteiger partial charge in [-0.15, -0.1) is 0 Å². The number of hydrogen-bond acceptors (Lipinski definition) is 4. The predicted octanol–water partition coefficient (Wildman–Crippen LogP) is 1.88. The number of unbranched alkanes of at least 4 members (excludes halogenated alkanes) is 2. The molecule has 6 nitrogen and oxygen atoms in total. The first-order valence-electron chi connectivity index (χ1n) is 6.40. The van der Waals surface area contributed by atoms with E-state index in [-0.39, 0.29) is 18.1 Å². The number of nitrogens with zero attached hydrogens (tertiary/aromatic N) is 1. The van der Waals surface area contributed by atoms with E-state index in [4.69, 9.17) is 10.2 Å². The van der Waals surface area contributed by atoms with Crippen molar-refractivity contribution in [1.29, 1.82) is 0 Å². The number of phenols is 1. The van der Waals surface area contributed by atoms with Gasteiger partial charge in [0.05, 0.1) is 6.21 Å². The molecular formula is C14H18N2O4. The van der Waals surface area contributed by atoms with E-state index in [0.717, 1.165) is 5.56 Å². The van der Waals surface area contributed by atoms with Crippen molar-refractivity contribution in [1.82, 2.24) is 5.43 Å². The Kier molecular flexibility index (Phi) is 6.81. The molecule has 20 heavy (non-hydrogen) atoms. The van der Waals surface area contributed by atoms with Crippen LogP contribution in [0.4, 0.5) is 0 Å². The summed E-state index contributed by atoms with van der Waals surface area (Å²) in [6.45, 7) is 0. The maximum Gasteiger partial charge on any atom is 0.303 e. The minimum Gasteiger partial charge on any atom is -0.508 e. The smallest absolute Gasteiger partial charge is 0.303 e. The highest BCUT2D eigenvalue weighted by Gasteiger charge is 2.01. The van der Waals surface area contributed by atoms with Crippen LogP contribution in [-0.4, -0.2) is 28.3 Å². The van der Waals surface area contributed by atoms with E-state index >= 15 is 0 Å². The third-order valence-corrected chi connectivity index (χ3v) is 2.59. The number of aliphatic carboxylic acids is 1. The average Bonchev–Trinajstić information content (AvgIpc) is 2.40. The van der Waals surface area contributed by atoms with Gasteiger partial charge in [0.15, 0.2) is 0 Å². The molecule has 0 atom stereocenters. The molecule has 1 aromatic carbocycles. The summed E-state index contributed by atoms with van der Waals surface area (Å²) in [6.07, 6.45) is 3.89. The van der Waals surface area contributed by atoms with Crippen molar-refractivity contribution in [3.05, 3.63) is 29.8 Å². The van der Waals surface area contributed by atoms with Crippen LogP contribution in [0.1, 0.15) is 37.7 Å². The van der Waals surface area contributed by atoms with Crippen LogP contribution in [0, 0.1) is 0 Å². The van der Waals surface area contributed by atoms with Gasteiger partial charge < -0.3 is 10.2 Å². The topological polar surface area (TPSA) is 99.0 Å². The molecule has 0 aliphatic rings. The summed E-state index contributed by atoms with van der Waals surface area (Å²) < 4.78 is 0. The third-order valence-electron chi connectivity index (χ3n) is 2.59. The molecule has 6 heteroatoms. The molecule has 0 saturated carbocycles. The zero-order valence-electron chi connectivity index (χ0n) is 11.1. The summed E-state index contributed by atoms with van der Waals surface area (Å²) >= 11 is 0. The molecule has 1 rings (SSSR count). The van der Waals surface area contributed by atoms with Crippen molar-refractivity contribution in [3.63, 3.8) is 0 Å². The molecule has 0 aliphatic heterocycles. The fourth-order valence-corrected chi connectivity index (χ4v) is 1.53. The molecule has 0 fully saturated rings. The average molecular weight is 278 g/mol. The SMILES string of the molecule is O=C(O)CCCCCC(=O)N/N=C/c1ccc(O)cc1. The largest absolute Gasteiger partial charge is 0.508 e. The van der Waals surface area contributed by atoms with Crippen molar-refractivity contribution in [2.75, 3.05) is 0 Å². The number of hydrazone groups is 1. The Labute approximate surface area is 117 Å². The number of benzene rings is 1. The van der Waals surface area contributed by atoms with Crippen LogP contribution in [0.2, 0.25) is 0 Å². The normalized spacial score (nSPS) is 10.6. The summed E-state index contributed by atoms with van der Waals surface area (Å²) in [4.78, 5) is 21.7. The first-order valence-corrected chi connectivity index (χ1v) is 6.40. The van der Waals surface area contributed by atoms with Gasteiger partial charge in [0, 0.05) is 12.8 Å². The quantitative estimate of drug-likeness (QED) is 0.384. The number of rotatable bonds is 8. The molecule has 0 bridgehead atoms. The van der Waals surface area contributed by atoms with Crippen LogP contribution in [0.3, 0.4) is 0 Å². The Bertz CT molecular complexity index is 469. The van der Waals surface area contributed by atoms with E-state index in [2.05, 4.69) is 10.5 Å². The Morgan fingerprint density at radius 1 is 1.10 bits per heavy atom. The minimum absolute atomic E-state index is 0.140. The molecule has 0 spiro atoms. The van der Waals surface area contributed by atoms with Gasteiger partial charge in [-0.05, 0) is 42.7 Å². The van der Waals surface area contributed by atoms with Crippen LogP contribution in [0.15, 0.2) is 29.4 Å². The Balaban J connectivity index is 2.16. The number of carbonyl (C=O) groups excluding carboxylic acids is 1. The Morgan fingerprint density at radius 3 is 2.40 bits per heavy atom. The number of phenolic OH excluding ortho intramolecular Hbond substituents is 1. The van der Waals surface area contributed by atoms with Gasteiger partial charge in [-0.1, -0.05) is 6.42 Å². The molecule has 1 aromatic rings. The Morgan fingerprint density at radius 2 is 1.75 bits per heavy atom. The number of carboxylic acid groups (broad SMARTS) is 1. The van der Waals surface area contributed by atoms with Crippen molar-refractivity contribution in [3.8, 4) is 5.75 Å². The van der Waals surface area contributed by atoms with Gasteiger partial charge in [-0.25, -0.2) is 5.43 Å². The van der Waals surface area contributed by atoms with E-state index in [9.17, 15) is 9.59 Å². The monoisotopic (exact) mass is 278 g/mol. The van der Waals surface area contributed by atoms with Gasteiger partial charge in [0.25, 0.3) is 0 Å². The molecule has 108 valence electrons. The van der Waals surface area contributed by atoms with Crippen LogP contribution < -0.4 is 5.43 Å². The molecule has 1 amide bonds. The lowest BCUT2D eigenvalue weighted by Gasteiger charge is -1.99. The second-order valence-electron chi connectivity index (χ2n) is 4.34. The molecule has 0 radical (unpaired) electrons. The van der Waals surface area contributed by atoms with Gasteiger partial charge in [-0.2, -0.15) is 5.10 Å². The van der Waals surface area contributed by atoms with E-state index in [1.807, 2.05) is 0 Å². The molecule has 0 aliphatic carbocycles. The van der Waals surface area contributed by atoms with E-state index in [1.165, 1.54) is 18.3 Å². The van der Waals surface area contributed by atoms with Crippen LogP contribution >= 0.6 is 0 Å². The van der Waals surface area contributed by atoms with Crippen molar-refractivity contribution in [2.45, 2.75) is 32.1 Å². The fraction of sp³-hybridized carbons (Fsp3) is 0.357. The number of amides is 1. The molecule has 0 unspecified atom stereocenters. The fourth-order valence-electron chi connectivity index (χ4n) is 1.53. The number of hydrogen-bond donors (Lipinski definition) is 3. The second-order valence-corrected chi connectivity index (χ2v) is 4.34. The first-order chi connectivity index (χ1) is 9.58. The lowest BCUT2D eigenvalue weighted by atomic mass is 10.1. The molecular weight excluding hydrogens is 260 g/mol. The third kappa shape index (κ3) is 7.15. The highest BCUT2D eigenvalue weighted by atomic mass is 16.4. The summed E-state index contributed by atoms with van der Waals surface area (Å²) in [7, 11) is 0. The number of carboxylic acids is 1. The maximum absolute atomic E-state index is 11.4. The summed E-state index contributed by atoms with van der Waals surface area (Å²) in [6, 6.07) is 6.42. The second kappa shape index (κ2) is 8.68. The first kappa shape index (κ1) is 15.7. The van der Waals surface area contributed by atoms with Crippen LogP contribution in [-0.2, 0) is 9.59 Å². The van der Waals surface area contributed by atoms with Crippen molar-refractivity contribution < 1.29 is 19.8 Å². The molecule has 0 aromatic heterocycles. The molecule has 3 N–H and O–H groups in total. The zero-order valence-corrected chi connectivity index (χ0v) is 11.1. The standard InChI is InChI=1S/C14H18N2O4/c17-12-8-6-11(7-9-12)10-15-16-13(18)4-2-1-3-5-14(19)20/h6-10,17H,1-5H2,(H,16,18)(H,19,20)/b15-10+. The van der Waals surface area contributed by atoms with Crippen LogP contribution in [0.25, 0.3) is 0 Å². The highest BCUT2D eigenvalue weighted by Crippen LogP contribution is 2.07. The summed E-state index contributed by atoms with van der Waals surface area (Å²) in [5.41, 5.74) is 3.17. The molecule has 0 saturated heterocycles. The highest BCUT2D eigenvalue weighted by molar-refractivity contribution is 5.82. The number of nitrogens with one attached hydrogen (secondary N) is 1. The molecule has 0 heterocycles. The van der Waals surface area contributed by atoms with Gasteiger partial charge in [0.2, 0.25) is 5.91 Å². The van der Waals surface area contributed by atoms with E-state index in [1.54, 1.807) is 12.1 Å². The van der Waals surface area contributed by atoms with Crippen LogP contribution in [0.5, 0.6) is 5.75 Å². The van der Waals surface area contributed by atoms with E-state index in [0.29, 0.717) is 25.7 Å². The predicted molar refractivity (Wildman–Crippen MR) is 74.6 cm³/mol. The summed E-state index contributed by atoms with van der Waals surface area (Å²) in [5, 5.41) is 21.3. The Hall–Kier alpha value is -2.37. The van der Waals surface area contributed by atoms with E-state index < -0.39 is 5.97 Å². The number of carbonyl (C=O) groups is 2. The van der Waals surface area contributed by atoms with Gasteiger partial charge in [0.1, 0.15) is 5.75 Å². The minimum atomic E-state index is -0.812. The lowest BCUT2D eigenvalue weighted by Crippen LogP contribution is -2.16. The number of aromatic hydroxyl groups is 1.